The average molecular weight is 266 g/mol. The third-order valence-electron chi connectivity index (χ3n) is 2.54. The zero-order valence-corrected chi connectivity index (χ0v) is 13.0. The molecule has 0 aliphatic carbocycles. The van der Waals surface area contributed by atoms with Crippen molar-refractivity contribution in [3.63, 3.8) is 0 Å². The summed E-state index contributed by atoms with van der Waals surface area (Å²) in [6.45, 7) is 14.0. The molecule has 108 valence electrons. The van der Waals surface area contributed by atoms with Gasteiger partial charge in [0.15, 0.2) is 0 Å². The average Bonchev–Trinajstić information content (AvgIpc) is 2.62. The molecule has 0 spiro atoms. The van der Waals surface area contributed by atoms with E-state index in [-0.39, 0.29) is 23.0 Å². The van der Waals surface area contributed by atoms with Crippen LogP contribution in [0.2, 0.25) is 0 Å². The zero-order valence-electron chi connectivity index (χ0n) is 13.0. The molecular weight excluding hydrogens is 240 g/mol. The van der Waals surface area contributed by atoms with Gasteiger partial charge in [-0.1, -0.05) is 0 Å². The number of hydrogen-bond acceptors (Lipinski definition) is 3. The van der Waals surface area contributed by atoms with Crippen LogP contribution in [0.25, 0.3) is 0 Å². The van der Waals surface area contributed by atoms with Crippen LogP contribution in [0.3, 0.4) is 0 Å². The van der Waals surface area contributed by atoms with Crippen LogP contribution in [-0.4, -0.2) is 27.3 Å². The molecule has 1 aromatic heterocycles. The van der Waals surface area contributed by atoms with Crippen molar-refractivity contribution in [2.45, 2.75) is 65.6 Å². The standard InChI is InChI=1S/C14H26N4O/c1-10(12(19)17-13(2,3)4)16-11-8-15-18(9-11)14(5,6)7/h8-10,16H,1-7H3,(H,17,19)/t10-/m1/s1. The molecule has 0 aliphatic heterocycles. The number of nitrogens with one attached hydrogen (secondary N) is 2. The molecule has 1 rings (SSSR count). The van der Waals surface area contributed by atoms with Gasteiger partial charge in [-0.3, -0.25) is 9.48 Å². The first kappa shape index (κ1) is 15.5. The summed E-state index contributed by atoms with van der Waals surface area (Å²) in [4.78, 5) is 12.0. The van der Waals surface area contributed by atoms with E-state index < -0.39 is 0 Å². The maximum absolute atomic E-state index is 12.0. The van der Waals surface area contributed by atoms with Gasteiger partial charge in [0.25, 0.3) is 0 Å². The third-order valence-corrected chi connectivity index (χ3v) is 2.54. The van der Waals surface area contributed by atoms with Gasteiger partial charge in [-0.2, -0.15) is 5.10 Å². The molecule has 1 aromatic rings. The van der Waals surface area contributed by atoms with Gasteiger partial charge in [-0.25, -0.2) is 0 Å². The summed E-state index contributed by atoms with van der Waals surface area (Å²) in [6, 6.07) is -0.295. The fraction of sp³-hybridized carbons (Fsp3) is 0.714. The normalized spacial score (nSPS) is 14.1. The lowest BCUT2D eigenvalue weighted by atomic mass is 10.1. The summed E-state index contributed by atoms with van der Waals surface area (Å²) in [5, 5.41) is 10.4. The van der Waals surface area contributed by atoms with Gasteiger partial charge in [0, 0.05) is 11.7 Å². The van der Waals surface area contributed by atoms with E-state index in [0.717, 1.165) is 5.69 Å². The molecular formula is C14H26N4O. The predicted molar refractivity (Wildman–Crippen MR) is 78.2 cm³/mol. The molecule has 0 saturated carbocycles. The molecule has 19 heavy (non-hydrogen) atoms. The number of carbonyl (C=O) groups excluding carboxylic acids is 1. The summed E-state index contributed by atoms with van der Waals surface area (Å²) in [7, 11) is 0. The van der Waals surface area contributed by atoms with E-state index in [2.05, 4.69) is 36.5 Å². The number of amides is 1. The summed E-state index contributed by atoms with van der Waals surface area (Å²) in [5.74, 6) is -0.0176. The van der Waals surface area contributed by atoms with Crippen molar-refractivity contribution in [1.82, 2.24) is 15.1 Å². The van der Waals surface area contributed by atoms with E-state index in [4.69, 9.17) is 0 Å². The van der Waals surface area contributed by atoms with Crippen LogP contribution in [0.15, 0.2) is 12.4 Å². The quantitative estimate of drug-likeness (QED) is 0.883. The molecule has 0 saturated heterocycles. The zero-order chi connectivity index (χ0) is 14.8. The monoisotopic (exact) mass is 266 g/mol. The fourth-order valence-electron chi connectivity index (χ4n) is 1.56. The van der Waals surface area contributed by atoms with E-state index in [1.165, 1.54) is 0 Å². The summed E-state index contributed by atoms with van der Waals surface area (Å²) in [5.41, 5.74) is 0.575. The molecule has 5 nitrogen and oxygen atoms in total. The van der Waals surface area contributed by atoms with Crippen LogP contribution in [0, 0.1) is 0 Å². The first-order valence-corrected chi connectivity index (χ1v) is 6.63. The van der Waals surface area contributed by atoms with Crippen LogP contribution in [0.4, 0.5) is 5.69 Å². The van der Waals surface area contributed by atoms with Crippen molar-refractivity contribution >= 4 is 11.6 Å². The molecule has 0 aromatic carbocycles. The minimum absolute atomic E-state index is 0.0176. The van der Waals surface area contributed by atoms with E-state index in [1.807, 2.05) is 38.6 Å². The Labute approximate surface area is 115 Å². The Hall–Kier alpha value is -1.52. The topological polar surface area (TPSA) is 59.0 Å². The van der Waals surface area contributed by atoms with E-state index in [1.54, 1.807) is 6.20 Å². The predicted octanol–water partition coefficient (Wildman–Crippen LogP) is 2.35. The number of anilines is 1. The second kappa shape index (κ2) is 5.23. The number of carbonyl (C=O) groups is 1. The molecule has 0 unspecified atom stereocenters. The largest absolute Gasteiger partial charge is 0.371 e. The van der Waals surface area contributed by atoms with Crippen molar-refractivity contribution in [2.24, 2.45) is 0 Å². The van der Waals surface area contributed by atoms with Gasteiger partial charge >= 0.3 is 0 Å². The van der Waals surface area contributed by atoms with Gasteiger partial charge < -0.3 is 10.6 Å². The molecule has 1 heterocycles. The minimum atomic E-state index is -0.295. The first-order valence-electron chi connectivity index (χ1n) is 6.63. The molecule has 1 atom stereocenters. The highest BCUT2D eigenvalue weighted by Gasteiger charge is 2.20. The molecule has 0 radical (unpaired) electrons. The van der Waals surface area contributed by atoms with Crippen LogP contribution >= 0.6 is 0 Å². The third kappa shape index (κ3) is 4.93. The number of nitrogens with zero attached hydrogens (tertiary/aromatic N) is 2. The van der Waals surface area contributed by atoms with Crippen molar-refractivity contribution in [3.05, 3.63) is 12.4 Å². The highest BCUT2D eigenvalue weighted by Crippen LogP contribution is 2.16. The lowest BCUT2D eigenvalue weighted by Crippen LogP contribution is -2.47. The summed E-state index contributed by atoms with van der Waals surface area (Å²) in [6.07, 6.45) is 3.66. The fourth-order valence-corrected chi connectivity index (χ4v) is 1.56. The maximum Gasteiger partial charge on any atom is 0.242 e. The highest BCUT2D eigenvalue weighted by atomic mass is 16.2. The van der Waals surface area contributed by atoms with Gasteiger partial charge in [0.2, 0.25) is 5.91 Å². The maximum atomic E-state index is 12.0. The Morgan fingerprint density at radius 2 is 1.84 bits per heavy atom. The SMILES string of the molecule is C[C@@H](Nc1cnn(C(C)(C)C)c1)C(=O)NC(C)(C)C. The molecule has 2 N–H and O–H groups in total. The Kier molecular flexibility index (Phi) is 4.28. The van der Waals surface area contributed by atoms with Crippen molar-refractivity contribution in [1.29, 1.82) is 0 Å². The van der Waals surface area contributed by atoms with Crippen LogP contribution in [-0.2, 0) is 10.3 Å². The molecule has 1 amide bonds. The molecule has 0 bridgehead atoms. The minimum Gasteiger partial charge on any atom is -0.371 e. The van der Waals surface area contributed by atoms with Gasteiger partial charge in [0.1, 0.15) is 6.04 Å². The van der Waals surface area contributed by atoms with Crippen molar-refractivity contribution in [2.75, 3.05) is 5.32 Å². The van der Waals surface area contributed by atoms with Crippen LogP contribution in [0.1, 0.15) is 48.5 Å². The molecule has 0 aliphatic rings. The second-order valence-corrected chi connectivity index (χ2v) is 6.95. The number of hydrogen-bond donors (Lipinski definition) is 2. The Bertz CT molecular complexity index is 437. The number of aromatic nitrogens is 2. The lowest BCUT2D eigenvalue weighted by Gasteiger charge is -2.23. The Morgan fingerprint density at radius 1 is 1.26 bits per heavy atom. The van der Waals surface area contributed by atoms with E-state index in [9.17, 15) is 4.79 Å². The Morgan fingerprint density at radius 3 is 2.26 bits per heavy atom. The molecule has 5 heteroatoms. The van der Waals surface area contributed by atoms with Gasteiger partial charge in [-0.05, 0) is 48.5 Å². The highest BCUT2D eigenvalue weighted by molar-refractivity contribution is 5.84. The Balaban J connectivity index is 2.65. The van der Waals surface area contributed by atoms with Gasteiger partial charge in [0.05, 0.1) is 17.4 Å². The van der Waals surface area contributed by atoms with E-state index >= 15 is 0 Å². The van der Waals surface area contributed by atoms with Gasteiger partial charge in [-0.15, -0.1) is 0 Å². The van der Waals surface area contributed by atoms with Crippen LogP contribution < -0.4 is 10.6 Å². The van der Waals surface area contributed by atoms with Crippen LogP contribution in [0.5, 0.6) is 0 Å². The smallest absolute Gasteiger partial charge is 0.242 e. The van der Waals surface area contributed by atoms with Crippen molar-refractivity contribution < 1.29 is 4.79 Å². The number of rotatable bonds is 3. The first-order chi connectivity index (χ1) is 8.49. The van der Waals surface area contributed by atoms with Crippen molar-refractivity contribution in [3.8, 4) is 0 Å². The van der Waals surface area contributed by atoms with E-state index in [0.29, 0.717) is 0 Å². The summed E-state index contributed by atoms with van der Waals surface area (Å²) >= 11 is 0. The summed E-state index contributed by atoms with van der Waals surface area (Å²) < 4.78 is 1.88. The second-order valence-electron chi connectivity index (χ2n) is 6.95. The lowest BCUT2D eigenvalue weighted by molar-refractivity contribution is -0.122. The molecule has 0 fully saturated rings.